The van der Waals surface area contributed by atoms with E-state index >= 15 is 0 Å². The normalized spacial score (nSPS) is 37.9. The Morgan fingerprint density at radius 3 is 2.64 bits per heavy atom. The molecule has 0 heterocycles. The summed E-state index contributed by atoms with van der Waals surface area (Å²) in [5.74, 6) is 1.76. The SMILES string of the molecule is CC(=O)C1=C[C@@H]2[C@H](C1)C2(C)C. The zero-order chi connectivity index (χ0) is 8.22. The first kappa shape index (κ1) is 7.08. The fourth-order valence-corrected chi connectivity index (χ4v) is 2.29. The molecule has 2 rings (SSSR count). The summed E-state index contributed by atoms with van der Waals surface area (Å²) in [7, 11) is 0. The first-order valence-corrected chi connectivity index (χ1v) is 4.25. The van der Waals surface area contributed by atoms with Gasteiger partial charge >= 0.3 is 0 Å². The molecule has 1 saturated carbocycles. The predicted molar refractivity (Wildman–Crippen MR) is 44.1 cm³/mol. The van der Waals surface area contributed by atoms with Crippen LogP contribution in [-0.4, -0.2) is 5.78 Å². The van der Waals surface area contributed by atoms with Crippen molar-refractivity contribution in [2.75, 3.05) is 0 Å². The number of hydrogen-bond acceptors (Lipinski definition) is 1. The molecule has 0 bridgehead atoms. The summed E-state index contributed by atoms with van der Waals surface area (Å²) in [4.78, 5) is 11.0. The van der Waals surface area contributed by atoms with Gasteiger partial charge in [0.25, 0.3) is 0 Å². The number of rotatable bonds is 1. The minimum absolute atomic E-state index is 0.271. The Balaban J connectivity index is 2.16. The summed E-state index contributed by atoms with van der Waals surface area (Å²) in [6, 6.07) is 0. The van der Waals surface area contributed by atoms with Crippen LogP contribution in [0.1, 0.15) is 27.2 Å². The van der Waals surface area contributed by atoms with Crippen molar-refractivity contribution >= 4 is 5.78 Å². The van der Waals surface area contributed by atoms with Crippen molar-refractivity contribution in [3.63, 3.8) is 0 Å². The van der Waals surface area contributed by atoms with Gasteiger partial charge in [0.2, 0.25) is 0 Å². The lowest BCUT2D eigenvalue weighted by Crippen LogP contribution is -2.01. The molecule has 0 aromatic heterocycles. The highest BCUT2D eigenvalue weighted by molar-refractivity contribution is 5.94. The Morgan fingerprint density at radius 1 is 1.64 bits per heavy atom. The number of carbonyl (C=O) groups excluding carboxylic acids is 1. The van der Waals surface area contributed by atoms with E-state index in [1.165, 1.54) is 0 Å². The maximum Gasteiger partial charge on any atom is 0.155 e. The zero-order valence-corrected chi connectivity index (χ0v) is 7.35. The summed E-state index contributed by atoms with van der Waals surface area (Å²) < 4.78 is 0. The van der Waals surface area contributed by atoms with Crippen molar-refractivity contribution in [1.82, 2.24) is 0 Å². The first-order chi connectivity index (χ1) is 5.03. The van der Waals surface area contributed by atoms with Gasteiger partial charge < -0.3 is 0 Å². The molecule has 2 aliphatic rings. The Hall–Kier alpha value is -0.590. The quantitative estimate of drug-likeness (QED) is 0.560. The monoisotopic (exact) mass is 150 g/mol. The fourth-order valence-electron chi connectivity index (χ4n) is 2.29. The average Bonchev–Trinajstić information content (AvgIpc) is 2.28. The summed E-state index contributed by atoms with van der Waals surface area (Å²) in [5.41, 5.74) is 1.57. The van der Waals surface area contributed by atoms with E-state index in [2.05, 4.69) is 19.9 Å². The molecule has 2 aliphatic carbocycles. The van der Waals surface area contributed by atoms with Gasteiger partial charge in [0.1, 0.15) is 0 Å². The zero-order valence-electron chi connectivity index (χ0n) is 7.35. The van der Waals surface area contributed by atoms with Crippen LogP contribution in [0.2, 0.25) is 0 Å². The topological polar surface area (TPSA) is 17.1 Å². The van der Waals surface area contributed by atoms with Gasteiger partial charge in [0.15, 0.2) is 5.78 Å². The van der Waals surface area contributed by atoms with Crippen LogP contribution in [0.4, 0.5) is 0 Å². The van der Waals surface area contributed by atoms with Crippen LogP contribution in [0, 0.1) is 17.3 Å². The lowest BCUT2D eigenvalue weighted by Gasteiger charge is -2.06. The van der Waals surface area contributed by atoms with Crippen molar-refractivity contribution in [2.24, 2.45) is 17.3 Å². The molecule has 2 atom stereocenters. The van der Waals surface area contributed by atoms with Gasteiger partial charge in [-0.3, -0.25) is 4.79 Å². The number of fused-ring (bicyclic) bond motifs is 1. The van der Waals surface area contributed by atoms with E-state index in [9.17, 15) is 4.79 Å². The standard InChI is InChI=1S/C10H14O/c1-6(11)7-4-8-9(5-7)10(8,2)3/h4,8-9H,5H2,1-3H3/t8-,9+/m1/s1. The van der Waals surface area contributed by atoms with Crippen LogP contribution in [0.15, 0.2) is 11.6 Å². The molecule has 0 saturated heterocycles. The van der Waals surface area contributed by atoms with Crippen LogP contribution in [0.3, 0.4) is 0 Å². The van der Waals surface area contributed by atoms with Crippen molar-refractivity contribution in [2.45, 2.75) is 27.2 Å². The molecule has 0 aromatic rings. The van der Waals surface area contributed by atoms with Crippen LogP contribution in [0.5, 0.6) is 0 Å². The van der Waals surface area contributed by atoms with Crippen LogP contribution in [-0.2, 0) is 4.79 Å². The van der Waals surface area contributed by atoms with Gasteiger partial charge in [-0.05, 0) is 36.2 Å². The van der Waals surface area contributed by atoms with Crippen LogP contribution in [0.25, 0.3) is 0 Å². The lowest BCUT2D eigenvalue weighted by molar-refractivity contribution is -0.113. The van der Waals surface area contributed by atoms with E-state index in [0.717, 1.165) is 17.9 Å². The number of carbonyl (C=O) groups is 1. The van der Waals surface area contributed by atoms with E-state index in [4.69, 9.17) is 0 Å². The van der Waals surface area contributed by atoms with Gasteiger partial charge in [-0.25, -0.2) is 0 Å². The lowest BCUT2D eigenvalue weighted by atomic mass is 9.98. The molecular formula is C10H14O. The number of Topliss-reactive ketones (excluding diaryl/α,β-unsaturated/α-hetero) is 1. The summed E-state index contributed by atoms with van der Waals surface area (Å²) in [6.45, 7) is 6.25. The minimum Gasteiger partial charge on any atom is -0.295 e. The predicted octanol–water partition coefficient (Wildman–Crippen LogP) is 2.18. The first-order valence-electron chi connectivity index (χ1n) is 4.25. The highest BCUT2D eigenvalue weighted by Crippen LogP contribution is 2.65. The molecule has 1 heteroatoms. The van der Waals surface area contributed by atoms with E-state index in [1.807, 2.05) is 0 Å². The van der Waals surface area contributed by atoms with Gasteiger partial charge in [-0.1, -0.05) is 19.9 Å². The fraction of sp³-hybridized carbons (Fsp3) is 0.700. The molecule has 0 aliphatic heterocycles. The molecule has 0 aromatic carbocycles. The molecule has 0 spiro atoms. The van der Waals surface area contributed by atoms with Crippen LogP contribution >= 0.6 is 0 Å². The smallest absolute Gasteiger partial charge is 0.155 e. The largest absolute Gasteiger partial charge is 0.295 e. The third-order valence-corrected chi connectivity index (χ3v) is 3.41. The molecule has 1 nitrogen and oxygen atoms in total. The molecule has 11 heavy (non-hydrogen) atoms. The number of hydrogen-bond donors (Lipinski definition) is 0. The Kier molecular flexibility index (Phi) is 1.14. The summed E-state index contributed by atoms with van der Waals surface area (Å²) >= 11 is 0. The third-order valence-electron chi connectivity index (χ3n) is 3.41. The third kappa shape index (κ3) is 0.800. The number of allylic oxidation sites excluding steroid dienone is 2. The van der Waals surface area contributed by atoms with Gasteiger partial charge in [-0.15, -0.1) is 0 Å². The second-order valence-electron chi connectivity index (χ2n) is 4.41. The number of ketones is 1. The molecule has 0 amide bonds. The van der Waals surface area contributed by atoms with Gasteiger partial charge in [0, 0.05) is 0 Å². The van der Waals surface area contributed by atoms with Crippen molar-refractivity contribution < 1.29 is 4.79 Å². The van der Waals surface area contributed by atoms with E-state index in [1.54, 1.807) is 6.92 Å². The highest BCUT2D eigenvalue weighted by Gasteiger charge is 2.59. The van der Waals surface area contributed by atoms with Crippen molar-refractivity contribution in [3.8, 4) is 0 Å². The maximum absolute atomic E-state index is 11.0. The summed E-state index contributed by atoms with van der Waals surface area (Å²) in [6.07, 6.45) is 3.22. The average molecular weight is 150 g/mol. The Labute approximate surface area is 67.5 Å². The highest BCUT2D eigenvalue weighted by atomic mass is 16.1. The maximum atomic E-state index is 11.0. The minimum atomic E-state index is 0.271. The second kappa shape index (κ2) is 1.77. The van der Waals surface area contributed by atoms with Gasteiger partial charge in [-0.2, -0.15) is 0 Å². The molecule has 0 N–H and O–H groups in total. The van der Waals surface area contributed by atoms with E-state index in [-0.39, 0.29) is 5.78 Å². The summed E-state index contributed by atoms with van der Waals surface area (Å²) in [5, 5.41) is 0. The Morgan fingerprint density at radius 2 is 2.27 bits per heavy atom. The molecular weight excluding hydrogens is 136 g/mol. The van der Waals surface area contributed by atoms with Gasteiger partial charge in [0.05, 0.1) is 0 Å². The van der Waals surface area contributed by atoms with Crippen LogP contribution < -0.4 is 0 Å². The molecule has 0 radical (unpaired) electrons. The van der Waals surface area contributed by atoms with E-state index in [0.29, 0.717) is 11.3 Å². The van der Waals surface area contributed by atoms with Crippen molar-refractivity contribution in [1.29, 1.82) is 0 Å². The molecule has 60 valence electrons. The molecule has 0 unspecified atom stereocenters. The second-order valence-corrected chi connectivity index (χ2v) is 4.41. The van der Waals surface area contributed by atoms with Crippen molar-refractivity contribution in [3.05, 3.63) is 11.6 Å². The molecule has 1 fully saturated rings. The Bertz CT molecular complexity index is 248. The van der Waals surface area contributed by atoms with E-state index < -0.39 is 0 Å².